The van der Waals surface area contributed by atoms with Crippen LogP contribution in [0, 0.1) is 47.3 Å². The summed E-state index contributed by atoms with van der Waals surface area (Å²) >= 11 is 0. The van der Waals surface area contributed by atoms with Gasteiger partial charge < -0.3 is 0 Å². The van der Waals surface area contributed by atoms with E-state index in [1.54, 1.807) is 12.8 Å². The van der Waals surface area contributed by atoms with E-state index in [1.165, 1.54) is 68.7 Å². The van der Waals surface area contributed by atoms with Crippen molar-refractivity contribution in [1.82, 2.24) is 19.9 Å². The second-order valence-electron chi connectivity index (χ2n) is 15.1. The Kier molecular flexibility index (Phi) is 6.60. The predicted molar refractivity (Wildman–Crippen MR) is 172 cm³/mol. The highest BCUT2D eigenvalue weighted by molar-refractivity contribution is 7.58. The zero-order chi connectivity index (χ0) is 27.8. The molecule has 4 nitrogen and oxygen atoms in total. The fraction of sp³-hybridized carbons (Fsp3) is 0.611. The molecule has 8 bridgehead atoms. The average molecular weight is 595 g/mol. The fourth-order valence-electron chi connectivity index (χ4n) is 11.9. The molecule has 6 heteroatoms. The molecule has 8 aliphatic rings. The van der Waals surface area contributed by atoms with Gasteiger partial charge in [0.05, 0.1) is 0 Å². The van der Waals surface area contributed by atoms with Crippen LogP contribution in [0.25, 0.3) is 0 Å². The lowest BCUT2D eigenvalue weighted by Gasteiger charge is -2.62. The van der Waals surface area contributed by atoms with E-state index in [9.17, 15) is 0 Å². The molecule has 0 N–H and O–H groups in total. The summed E-state index contributed by atoms with van der Waals surface area (Å²) in [4.78, 5) is 19.3. The van der Waals surface area contributed by atoms with Crippen LogP contribution in [0.1, 0.15) is 87.0 Å². The summed E-state index contributed by atoms with van der Waals surface area (Å²) in [5.74, 6) is 9.66. The molecule has 3 aromatic rings. The molecule has 218 valence electrons. The number of rotatable bonds is 7. The summed E-state index contributed by atoms with van der Waals surface area (Å²) in [6.45, 7) is 0. The van der Waals surface area contributed by atoms with Gasteiger partial charge in [-0.2, -0.15) is 0 Å². The van der Waals surface area contributed by atoms with E-state index in [-0.39, 0.29) is 7.92 Å². The highest BCUT2D eigenvalue weighted by Crippen LogP contribution is 2.72. The summed E-state index contributed by atoms with van der Waals surface area (Å²) in [6, 6.07) is 13.1. The third kappa shape index (κ3) is 4.29. The topological polar surface area (TPSA) is 51.6 Å². The molecule has 0 radical (unpaired) electrons. The van der Waals surface area contributed by atoms with E-state index < -0.39 is 5.16 Å². The van der Waals surface area contributed by atoms with E-state index in [0.717, 1.165) is 70.3 Å². The molecule has 42 heavy (non-hydrogen) atoms. The molecule has 0 spiro atoms. The van der Waals surface area contributed by atoms with Crippen LogP contribution >= 0.6 is 17.2 Å². The van der Waals surface area contributed by atoms with Crippen LogP contribution in [0.2, 0.25) is 0 Å². The lowest BCUT2D eigenvalue weighted by atomic mass is 9.55. The smallest absolute Gasteiger partial charge is 0.150 e. The molecule has 0 amide bonds. The predicted octanol–water partition coefficient (Wildman–Crippen LogP) is 8.06. The Balaban J connectivity index is 1.15. The Morgan fingerprint density at radius 3 is 1.40 bits per heavy atom. The molecular weight excluding hydrogens is 550 g/mol. The van der Waals surface area contributed by atoms with Gasteiger partial charge in [-0.3, -0.25) is 0 Å². The van der Waals surface area contributed by atoms with Crippen molar-refractivity contribution in [3.8, 4) is 0 Å². The highest BCUT2D eigenvalue weighted by atomic mass is 31.1. The van der Waals surface area contributed by atoms with Crippen molar-refractivity contribution < 1.29 is 0 Å². The fourth-order valence-corrected chi connectivity index (χ4v) is 17.1. The van der Waals surface area contributed by atoms with Gasteiger partial charge in [-0.25, -0.2) is 19.9 Å². The van der Waals surface area contributed by atoms with E-state index in [1.807, 2.05) is 36.9 Å². The van der Waals surface area contributed by atoms with Crippen LogP contribution < -0.4 is 0 Å². The first-order chi connectivity index (χ1) is 20.6. The van der Waals surface area contributed by atoms with Crippen LogP contribution in [0.5, 0.6) is 0 Å². The van der Waals surface area contributed by atoms with Crippen LogP contribution in [0.4, 0.5) is 0 Å². The minimum absolute atomic E-state index is 0.129. The van der Waals surface area contributed by atoms with Gasteiger partial charge in [0.15, 0.2) is 0 Å². The Hall–Kier alpha value is -1.76. The van der Waals surface area contributed by atoms with Gasteiger partial charge in [0.25, 0.3) is 0 Å². The van der Waals surface area contributed by atoms with Gasteiger partial charge in [-0.15, -0.1) is 9.24 Å². The third-order valence-corrected chi connectivity index (χ3v) is 17.5. The maximum atomic E-state index is 4.82. The highest BCUT2D eigenvalue weighted by Gasteiger charge is 2.57. The monoisotopic (exact) mass is 594 g/mol. The third-order valence-electron chi connectivity index (χ3n) is 12.8. The van der Waals surface area contributed by atoms with Gasteiger partial charge in [0.1, 0.15) is 16.8 Å². The number of nitrogens with zero attached hydrogens (tertiary/aromatic N) is 4. The Morgan fingerprint density at radius 2 is 0.976 bits per heavy atom. The number of aromatic nitrogens is 4. The minimum atomic E-state index is -0.672. The summed E-state index contributed by atoms with van der Waals surface area (Å²) in [5.41, 5.74) is 4.74. The first-order valence-electron chi connectivity index (χ1n) is 16.8. The van der Waals surface area contributed by atoms with E-state index >= 15 is 0 Å². The molecule has 0 aliphatic heterocycles. The summed E-state index contributed by atoms with van der Waals surface area (Å²) in [7, 11) is 3.01. The van der Waals surface area contributed by atoms with E-state index in [0.29, 0.717) is 0 Å². The van der Waals surface area contributed by atoms with Crippen molar-refractivity contribution in [1.29, 1.82) is 0 Å². The number of hydrogen-bond acceptors (Lipinski definition) is 4. The zero-order valence-corrected chi connectivity index (χ0v) is 26.7. The van der Waals surface area contributed by atoms with Gasteiger partial charge in [-0.05, 0) is 152 Å². The van der Waals surface area contributed by atoms with Crippen molar-refractivity contribution in [3.05, 3.63) is 84.0 Å². The average Bonchev–Trinajstić information content (AvgIpc) is 3.01. The van der Waals surface area contributed by atoms with Crippen molar-refractivity contribution in [2.24, 2.45) is 47.3 Å². The maximum Gasteiger partial charge on any atom is 0.150 e. The second-order valence-corrected chi connectivity index (χ2v) is 18.5. The molecular formula is C36H44N4P2. The standard InChI is InChI=1S/C36H44N4P2/c41-36(34-37-7-3-8-38-34,35-39-9-4-10-40-35)31-6-2-1-5-26(31)21-42(32-27-13-22-11-23(15-27)16-28(32)14-22)33-29-17-24-12-25(19-29)20-30(33)18-24/h1-10,22-25,27-30,32-33H,11-21,41H2. The number of benzene rings is 1. The molecule has 8 fully saturated rings. The first kappa shape index (κ1) is 26.6. The van der Waals surface area contributed by atoms with Crippen LogP contribution in [0.15, 0.2) is 61.2 Å². The molecule has 8 saturated carbocycles. The maximum absolute atomic E-state index is 4.82. The zero-order valence-electron chi connectivity index (χ0n) is 24.6. The molecule has 0 saturated heterocycles. The second kappa shape index (κ2) is 10.4. The minimum Gasteiger partial charge on any atom is -0.240 e. The van der Waals surface area contributed by atoms with Gasteiger partial charge in [0.2, 0.25) is 0 Å². The molecule has 8 aliphatic carbocycles. The summed E-state index contributed by atoms with van der Waals surface area (Å²) in [6.07, 6.45) is 24.1. The summed E-state index contributed by atoms with van der Waals surface area (Å²) in [5, 5.41) is -0.672. The van der Waals surface area contributed by atoms with Crippen LogP contribution in [0.3, 0.4) is 0 Å². The molecule has 11 rings (SSSR count). The van der Waals surface area contributed by atoms with E-state index in [4.69, 9.17) is 19.9 Å². The van der Waals surface area contributed by atoms with Crippen molar-refractivity contribution >= 4 is 17.2 Å². The van der Waals surface area contributed by atoms with Crippen molar-refractivity contribution in [2.75, 3.05) is 0 Å². The molecule has 1 unspecified atom stereocenters. The number of hydrogen-bond donors (Lipinski definition) is 0. The molecule has 1 atom stereocenters. The molecule has 1 aromatic carbocycles. The Bertz CT molecular complexity index is 1290. The summed E-state index contributed by atoms with van der Waals surface area (Å²) < 4.78 is 0. The van der Waals surface area contributed by atoms with Gasteiger partial charge in [0, 0.05) is 24.8 Å². The van der Waals surface area contributed by atoms with Crippen LogP contribution in [-0.2, 0) is 11.3 Å². The van der Waals surface area contributed by atoms with Crippen molar-refractivity contribution in [2.45, 2.75) is 86.8 Å². The van der Waals surface area contributed by atoms with Gasteiger partial charge in [-0.1, -0.05) is 32.2 Å². The lowest BCUT2D eigenvalue weighted by molar-refractivity contribution is 0.0129. The Morgan fingerprint density at radius 1 is 0.571 bits per heavy atom. The van der Waals surface area contributed by atoms with Gasteiger partial charge >= 0.3 is 0 Å². The van der Waals surface area contributed by atoms with Crippen molar-refractivity contribution in [3.63, 3.8) is 0 Å². The normalized spacial score (nSPS) is 38.6. The largest absolute Gasteiger partial charge is 0.240 e. The first-order valence-corrected chi connectivity index (χ1v) is 19.1. The SMILES string of the molecule is PC(c1ncccn1)(c1ncccn1)c1ccccc1CP(C1C2CC3CC(C2)CC1C3)C1C2CC3CC(C2)CC1C3. The molecule has 2 aromatic heterocycles. The van der Waals surface area contributed by atoms with E-state index in [2.05, 4.69) is 33.5 Å². The van der Waals surface area contributed by atoms with Crippen LogP contribution in [-0.4, -0.2) is 31.3 Å². The lowest BCUT2D eigenvalue weighted by Crippen LogP contribution is -2.52. The molecule has 2 heterocycles. The quantitative estimate of drug-likeness (QED) is 0.260. The Labute approximate surface area is 254 Å².